The van der Waals surface area contributed by atoms with Crippen LogP contribution in [0.25, 0.3) is 11.3 Å². The fraction of sp³-hybridized carbons (Fsp3) is 0.321. The third kappa shape index (κ3) is 7.26. The molecule has 8 nitrogen and oxygen atoms in total. The fourth-order valence-electron chi connectivity index (χ4n) is 4.52. The van der Waals surface area contributed by atoms with Crippen LogP contribution >= 0.6 is 11.3 Å². The van der Waals surface area contributed by atoms with Crippen molar-refractivity contribution in [3.63, 3.8) is 0 Å². The summed E-state index contributed by atoms with van der Waals surface area (Å²) in [7, 11) is 0. The maximum absolute atomic E-state index is 12.8. The van der Waals surface area contributed by atoms with Gasteiger partial charge in [0.15, 0.2) is 5.13 Å². The normalized spacial score (nSPS) is 17.8. The van der Waals surface area contributed by atoms with E-state index in [0.717, 1.165) is 72.8 Å². The Balaban J connectivity index is 1.24. The Hall–Kier alpha value is -3.74. The van der Waals surface area contributed by atoms with Gasteiger partial charge in [-0.15, -0.1) is 11.3 Å². The van der Waals surface area contributed by atoms with E-state index < -0.39 is 17.8 Å². The minimum Gasteiger partial charge on any atom is -0.379 e. The number of amides is 2. The van der Waals surface area contributed by atoms with Crippen LogP contribution in [0.4, 0.5) is 28.8 Å². The number of anilines is 2. The summed E-state index contributed by atoms with van der Waals surface area (Å²) < 4.78 is 43.9. The lowest BCUT2D eigenvalue weighted by molar-refractivity contribution is -0.137. The molecule has 1 atom stereocenters. The molecule has 1 saturated heterocycles. The number of nitrogens with one attached hydrogen (secondary N) is 3. The Bertz CT molecular complexity index is 1350. The Labute approximate surface area is 234 Å². The highest BCUT2D eigenvalue weighted by atomic mass is 32.1. The molecule has 3 aromatic rings. The fourth-order valence-corrected chi connectivity index (χ4v) is 5.62. The van der Waals surface area contributed by atoms with E-state index in [0.29, 0.717) is 12.1 Å². The van der Waals surface area contributed by atoms with Gasteiger partial charge in [-0.25, -0.2) is 9.78 Å². The molecule has 5 rings (SSSR count). The van der Waals surface area contributed by atoms with Gasteiger partial charge in [-0.2, -0.15) is 13.2 Å². The smallest absolute Gasteiger partial charge is 0.379 e. The number of ether oxygens (including phenoxy) is 1. The molecule has 12 heteroatoms. The molecule has 1 aliphatic carbocycles. The van der Waals surface area contributed by atoms with Crippen molar-refractivity contribution in [3.05, 3.63) is 83.2 Å². The number of alkyl halides is 3. The van der Waals surface area contributed by atoms with Gasteiger partial charge in [0, 0.05) is 66.3 Å². The highest BCUT2D eigenvalue weighted by Gasteiger charge is 2.30. The van der Waals surface area contributed by atoms with E-state index >= 15 is 0 Å². The molecule has 0 bridgehead atoms. The van der Waals surface area contributed by atoms with Crippen molar-refractivity contribution < 1.29 is 22.7 Å². The zero-order chi connectivity index (χ0) is 28.0. The zero-order valence-electron chi connectivity index (χ0n) is 21.6. The van der Waals surface area contributed by atoms with E-state index in [-0.39, 0.29) is 11.6 Å². The number of rotatable bonds is 8. The molecule has 1 aromatic carbocycles. The van der Waals surface area contributed by atoms with Gasteiger partial charge in [-0.05, 0) is 48.9 Å². The van der Waals surface area contributed by atoms with Crippen molar-refractivity contribution in [2.24, 2.45) is 0 Å². The summed E-state index contributed by atoms with van der Waals surface area (Å²) in [6, 6.07) is 7.66. The van der Waals surface area contributed by atoms with Crippen molar-refractivity contribution in [1.29, 1.82) is 0 Å². The molecule has 1 unspecified atom stereocenters. The zero-order valence-corrected chi connectivity index (χ0v) is 22.4. The molecule has 0 radical (unpaired) electrons. The number of benzene rings is 1. The van der Waals surface area contributed by atoms with Gasteiger partial charge >= 0.3 is 12.2 Å². The molecule has 210 valence electrons. The second kappa shape index (κ2) is 12.6. The van der Waals surface area contributed by atoms with Crippen LogP contribution in [0, 0.1) is 0 Å². The number of halogens is 3. The molecule has 2 aliphatic rings. The summed E-state index contributed by atoms with van der Waals surface area (Å²) in [5.41, 5.74) is 2.01. The Morgan fingerprint density at radius 2 is 1.82 bits per heavy atom. The molecule has 3 heterocycles. The van der Waals surface area contributed by atoms with Gasteiger partial charge in [0.2, 0.25) is 0 Å². The standard InChI is InChI=1S/C28H29F3N6O2S/c29-28(30,31)21-4-6-22(7-5-21)34-26(38)35-23-3-1-2-20(18-23)25-24(19-8-10-32-11-9-19)36-27(40-25)33-12-13-37-14-16-39-17-15-37/h1-11,20H,12-18H2,(H,33,36)(H2,34,35,38). The highest BCUT2D eigenvalue weighted by molar-refractivity contribution is 7.16. The number of nitrogens with zero attached hydrogens (tertiary/aromatic N) is 3. The molecule has 3 N–H and O–H groups in total. The van der Waals surface area contributed by atoms with Crippen molar-refractivity contribution in [2.75, 3.05) is 50.0 Å². The van der Waals surface area contributed by atoms with Crippen LogP contribution in [0.5, 0.6) is 0 Å². The van der Waals surface area contributed by atoms with Gasteiger partial charge in [0.1, 0.15) is 0 Å². The van der Waals surface area contributed by atoms with Crippen LogP contribution < -0.4 is 16.0 Å². The SMILES string of the molecule is O=C(NC1=CC=CC(c2sc(NCCN3CCOCC3)nc2-c2ccncc2)C1)Nc1ccc(C(F)(F)F)cc1. The van der Waals surface area contributed by atoms with Crippen molar-refractivity contribution in [1.82, 2.24) is 20.2 Å². The summed E-state index contributed by atoms with van der Waals surface area (Å²) in [4.78, 5) is 25.1. The molecule has 0 saturated carbocycles. The number of aromatic nitrogens is 2. The lowest BCUT2D eigenvalue weighted by atomic mass is 9.94. The summed E-state index contributed by atoms with van der Waals surface area (Å²) in [6.45, 7) is 5.03. The first kappa shape index (κ1) is 27.8. The molecule has 1 aliphatic heterocycles. The Morgan fingerprint density at radius 1 is 1.07 bits per heavy atom. The van der Waals surface area contributed by atoms with Gasteiger partial charge in [-0.3, -0.25) is 9.88 Å². The van der Waals surface area contributed by atoms with Crippen molar-refractivity contribution in [3.8, 4) is 11.3 Å². The van der Waals surface area contributed by atoms with Crippen LogP contribution in [0.2, 0.25) is 0 Å². The number of thiazole rings is 1. The number of carbonyl (C=O) groups is 1. The van der Waals surface area contributed by atoms with E-state index in [1.807, 2.05) is 24.3 Å². The second-order valence-electron chi connectivity index (χ2n) is 9.39. The molecule has 40 heavy (non-hydrogen) atoms. The monoisotopic (exact) mass is 570 g/mol. The van der Waals surface area contributed by atoms with Crippen molar-refractivity contribution in [2.45, 2.75) is 18.5 Å². The topological polar surface area (TPSA) is 91.4 Å². The van der Waals surface area contributed by atoms with Gasteiger partial charge in [0.25, 0.3) is 0 Å². The molecule has 2 aromatic heterocycles. The van der Waals surface area contributed by atoms with Crippen molar-refractivity contribution >= 4 is 28.2 Å². The van der Waals surface area contributed by atoms with E-state index in [2.05, 4.69) is 31.9 Å². The number of hydrogen-bond donors (Lipinski definition) is 3. The van der Waals surface area contributed by atoms with Gasteiger partial charge in [0.05, 0.1) is 24.5 Å². The van der Waals surface area contributed by atoms with Crippen LogP contribution in [-0.2, 0) is 10.9 Å². The van der Waals surface area contributed by atoms with Gasteiger partial charge in [-0.1, -0.05) is 12.2 Å². The maximum atomic E-state index is 12.8. The first-order chi connectivity index (χ1) is 19.3. The second-order valence-corrected chi connectivity index (χ2v) is 10.4. The Morgan fingerprint density at radius 3 is 2.55 bits per heavy atom. The summed E-state index contributed by atoms with van der Waals surface area (Å²) in [5, 5.41) is 9.71. The molecular formula is C28H29F3N6O2S. The van der Waals surface area contributed by atoms with E-state index in [4.69, 9.17) is 9.72 Å². The number of hydrogen-bond acceptors (Lipinski definition) is 7. The minimum atomic E-state index is -4.43. The van der Waals surface area contributed by atoms with Crippen LogP contribution in [0.3, 0.4) is 0 Å². The number of allylic oxidation sites excluding steroid dienone is 4. The highest BCUT2D eigenvalue weighted by Crippen LogP contribution is 2.40. The van der Waals surface area contributed by atoms with Crippen LogP contribution in [-0.4, -0.2) is 60.3 Å². The third-order valence-electron chi connectivity index (χ3n) is 6.58. The number of carbonyl (C=O) groups excluding carboxylic acids is 1. The Kier molecular flexibility index (Phi) is 8.78. The molecule has 2 amide bonds. The maximum Gasteiger partial charge on any atom is 0.416 e. The van der Waals surface area contributed by atoms with Crippen LogP contribution in [0.15, 0.2) is 72.7 Å². The van der Waals surface area contributed by atoms with E-state index in [1.165, 1.54) is 12.1 Å². The molecular weight excluding hydrogens is 541 g/mol. The summed E-state index contributed by atoms with van der Waals surface area (Å²) in [5.74, 6) is -0.0261. The first-order valence-electron chi connectivity index (χ1n) is 12.9. The first-order valence-corrected chi connectivity index (χ1v) is 13.7. The number of pyridine rings is 1. The third-order valence-corrected chi connectivity index (χ3v) is 7.72. The quantitative estimate of drug-likeness (QED) is 0.321. The van der Waals surface area contributed by atoms with Gasteiger partial charge < -0.3 is 20.7 Å². The summed E-state index contributed by atoms with van der Waals surface area (Å²) >= 11 is 1.59. The molecule has 0 spiro atoms. The predicted molar refractivity (Wildman–Crippen MR) is 149 cm³/mol. The average molecular weight is 571 g/mol. The van der Waals surface area contributed by atoms with E-state index in [1.54, 1.807) is 23.7 Å². The number of morpholine rings is 1. The predicted octanol–water partition coefficient (Wildman–Crippen LogP) is 5.72. The number of urea groups is 1. The lowest BCUT2D eigenvalue weighted by Gasteiger charge is -2.26. The lowest BCUT2D eigenvalue weighted by Crippen LogP contribution is -2.38. The van der Waals surface area contributed by atoms with E-state index in [9.17, 15) is 18.0 Å². The molecule has 1 fully saturated rings. The average Bonchev–Trinajstić information content (AvgIpc) is 3.38. The minimum absolute atomic E-state index is 0.0261. The summed E-state index contributed by atoms with van der Waals surface area (Å²) in [6.07, 6.45) is 5.36. The van der Waals surface area contributed by atoms with Crippen LogP contribution in [0.1, 0.15) is 22.8 Å². The largest absolute Gasteiger partial charge is 0.416 e.